The van der Waals surface area contributed by atoms with E-state index in [0.29, 0.717) is 23.9 Å². The van der Waals surface area contributed by atoms with Crippen molar-refractivity contribution in [1.82, 2.24) is 19.7 Å². The molecule has 7 nitrogen and oxygen atoms in total. The molecule has 0 spiro atoms. The number of aryl methyl sites for hydroxylation is 3. The Balaban J connectivity index is 1.23. The average Bonchev–Trinajstić information content (AvgIpc) is 3.46. The summed E-state index contributed by atoms with van der Waals surface area (Å²) in [6, 6.07) is 12.1. The maximum atomic E-state index is 14.2. The summed E-state index contributed by atoms with van der Waals surface area (Å²) in [6.45, 7) is 7.00. The van der Waals surface area contributed by atoms with Crippen LogP contribution in [0.25, 0.3) is 5.69 Å². The SMILES string of the molecule is Cc1nn(-c2cccc(C(CC(=O)O)CN3CCC(CCc4ccc5c(n4)NCCC5)C3)c2)c(C)c1F. The molecule has 0 bridgehead atoms. The molecular weight excluding hydrogens is 469 g/mol. The zero-order valence-corrected chi connectivity index (χ0v) is 21.7. The molecule has 1 fully saturated rings. The highest BCUT2D eigenvalue weighted by Gasteiger charge is 2.27. The van der Waals surface area contributed by atoms with E-state index in [4.69, 9.17) is 4.98 Å². The van der Waals surface area contributed by atoms with Crippen LogP contribution in [0.15, 0.2) is 36.4 Å². The highest BCUT2D eigenvalue weighted by atomic mass is 19.1. The maximum Gasteiger partial charge on any atom is 0.304 e. The summed E-state index contributed by atoms with van der Waals surface area (Å²) in [5, 5.41) is 17.4. The Kier molecular flexibility index (Phi) is 7.55. The minimum atomic E-state index is -0.810. The van der Waals surface area contributed by atoms with Crippen LogP contribution in [0, 0.1) is 25.6 Å². The van der Waals surface area contributed by atoms with Crippen LogP contribution in [0.2, 0.25) is 0 Å². The highest BCUT2D eigenvalue weighted by molar-refractivity contribution is 5.68. The van der Waals surface area contributed by atoms with Crippen LogP contribution in [0.5, 0.6) is 0 Å². The van der Waals surface area contributed by atoms with Crippen LogP contribution in [-0.2, 0) is 17.6 Å². The number of pyridine rings is 1. The number of carboxylic acid groups (broad SMARTS) is 1. The van der Waals surface area contributed by atoms with Crippen molar-refractivity contribution < 1.29 is 14.3 Å². The number of rotatable bonds is 9. The number of hydrogen-bond donors (Lipinski definition) is 2. The number of carbonyl (C=O) groups is 1. The minimum Gasteiger partial charge on any atom is -0.481 e. The molecule has 0 amide bonds. The third-order valence-electron chi connectivity index (χ3n) is 7.82. The Morgan fingerprint density at radius 3 is 2.92 bits per heavy atom. The van der Waals surface area contributed by atoms with Gasteiger partial charge in [0.05, 0.1) is 23.5 Å². The van der Waals surface area contributed by atoms with Crippen LogP contribution < -0.4 is 5.32 Å². The normalized spacial score (nSPS) is 18.4. The fourth-order valence-corrected chi connectivity index (χ4v) is 5.77. The first-order valence-electron chi connectivity index (χ1n) is 13.4. The Hall–Kier alpha value is -3.26. The van der Waals surface area contributed by atoms with Gasteiger partial charge < -0.3 is 15.3 Å². The van der Waals surface area contributed by atoms with E-state index in [1.165, 1.54) is 12.0 Å². The fourth-order valence-electron chi connectivity index (χ4n) is 5.77. The number of fused-ring (bicyclic) bond motifs is 1. The summed E-state index contributed by atoms with van der Waals surface area (Å²) < 4.78 is 15.8. The van der Waals surface area contributed by atoms with Gasteiger partial charge in [-0.25, -0.2) is 14.1 Å². The van der Waals surface area contributed by atoms with E-state index in [-0.39, 0.29) is 18.2 Å². The van der Waals surface area contributed by atoms with Gasteiger partial charge in [-0.3, -0.25) is 4.79 Å². The van der Waals surface area contributed by atoms with E-state index in [0.717, 1.165) is 68.1 Å². The standard InChI is InChI=1S/C29H36FN5O2/c1-19-28(30)20(2)35(33-19)26-7-3-5-23(15-26)24(16-27(36)37)18-34-14-12-21(17-34)8-10-25-11-9-22-6-4-13-31-29(22)32-25/h3,5,7,9,11,15,21,24H,4,6,8,10,12-14,16-18H2,1-2H3,(H,31,32)(H,36,37). The number of anilines is 1. The summed E-state index contributed by atoms with van der Waals surface area (Å²) in [4.78, 5) is 19.0. The molecule has 1 saturated heterocycles. The number of halogens is 1. The molecule has 37 heavy (non-hydrogen) atoms. The number of nitrogens with one attached hydrogen (secondary N) is 1. The molecule has 0 aliphatic carbocycles. The van der Waals surface area contributed by atoms with Crippen molar-refractivity contribution in [3.8, 4) is 5.69 Å². The van der Waals surface area contributed by atoms with Gasteiger partial charge in [0.2, 0.25) is 0 Å². The molecule has 2 aliphatic heterocycles. The molecule has 3 aromatic rings. The van der Waals surface area contributed by atoms with Gasteiger partial charge in [0, 0.05) is 31.2 Å². The number of hydrogen-bond acceptors (Lipinski definition) is 5. The molecule has 1 aromatic carbocycles. The minimum absolute atomic E-state index is 0.0577. The van der Waals surface area contributed by atoms with Gasteiger partial charge in [-0.2, -0.15) is 5.10 Å². The van der Waals surface area contributed by atoms with Crippen molar-refractivity contribution in [2.45, 2.75) is 58.3 Å². The largest absolute Gasteiger partial charge is 0.481 e. The van der Waals surface area contributed by atoms with E-state index in [1.807, 2.05) is 24.3 Å². The summed E-state index contributed by atoms with van der Waals surface area (Å²) >= 11 is 0. The predicted octanol–water partition coefficient (Wildman–Crippen LogP) is 4.89. The molecular formula is C29H36FN5O2. The Bertz CT molecular complexity index is 1270. The van der Waals surface area contributed by atoms with Crippen molar-refractivity contribution >= 4 is 11.8 Å². The first kappa shape index (κ1) is 25.4. The summed E-state index contributed by atoms with van der Waals surface area (Å²) in [5.74, 6) is 0.373. The first-order chi connectivity index (χ1) is 17.9. The lowest BCUT2D eigenvalue weighted by molar-refractivity contribution is -0.137. The summed E-state index contributed by atoms with van der Waals surface area (Å²) in [5.41, 5.74) is 4.98. The van der Waals surface area contributed by atoms with Crippen LogP contribution >= 0.6 is 0 Å². The van der Waals surface area contributed by atoms with Gasteiger partial charge in [-0.05, 0) is 87.7 Å². The monoisotopic (exact) mass is 505 g/mol. The molecule has 2 aromatic heterocycles. The molecule has 2 unspecified atom stereocenters. The second-order valence-corrected chi connectivity index (χ2v) is 10.6. The first-order valence-corrected chi connectivity index (χ1v) is 13.4. The van der Waals surface area contributed by atoms with Crippen LogP contribution in [0.3, 0.4) is 0 Å². The smallest absolute Gasteiger partial charge is 0.304 e. The highest BCUT2D eigenvalue weighted by Crippen LogP contribution is 2.29. The number of benzene rings is 1. The summed E-state index contributed by atoms with van der Waals surface area (Å²) in [6.07, 6.45) is 5.50. The number of nitrogens with zero attached hydrogens (tertiary/aromatic N) is 4. The predicted molar refractivity (Wildman–Crippen MR) is 142 cm³/mol. The molecule has 4 heterocycles. The number of aliphatic carboxylic acids is 1. The van der Waals surface area contributed by atoms with Crippen LogP contribution in [0.4, 0.5) is 10.2 Å². The second-order valence-electron chi connectivity index (χ2n) is 10.6. The van der Waals surface area contributed by atoms with Crippen molar-refractivity contribution in [1.29, 1.82) is 0 Å². The van der Waals surface area contributed by atoms with Crippen molar-refractivity contribution in [3.05, 3.63) is 70.4 Å². The van der Waals surface area contributed by atoms with E-state index >= 15 is 0 Å². The van der Waals surface area contributed by atoms with Gasteiger partial charge in [-0.1, -0.05) is 18.2 Å². The third kappa shape index (κ3) is 5.85. The zero-order chi connectivity index (χ0) is 25.9. The molecule has 2 atom stereocenters. The van der Waals surface area contributed by atoms with Gasteiger partial charge in [0.1, 0.15) is 5.82 Å². The zero-order valence-electron chi connectivity index (χ0n) is 21.7. The van der Waals surface area contributed by atoms with Crippen molar-refractivity contribution in [2.24, 2.45) is 5.92 Å². The molecule has 196 valence electrons. The van der Waals surface area contributed by atoms with Gasteiger partial charge in [0.15, 0.2) is 5.82 Å². The van der Waals surface area contributed by atoms with Gasteiger partial charge in [0.25, 0.3) is 0 Å². The quantitative estimate of drug-likeness (QED) is 0.431. The topological polar surface area (TPSA) is 83.3 Å². The van der Waals surface area contributed by atoms with Gasteiger partial charge >= 0.3 is 5.97 Å². The molecule has 5 rings (SSSR count). The van der Waals surface area contributed by atoms with Crippen molar-refractivity contribution in [3.63, 3.8) is 0 Å². The van der Waals surface area contributed by atoms with Crippen LogP contribution in [-0.4, -0.2) is 56.9 Å². The van der Waals surface area contributed by atoms with Crippen LogP contribution in [0.1, 0.15) is 59.8 Å². The summed E-state index contributed by atoms with van der Waals surface area (Å²) in [7, 11) is 0. The fraction of sp³-hybridized carbons (Fsp3) is 0.483. The van der Waals surface area contributed by atoms with Gasteiger partial charge in [-0.15, -0.1) is 0 Å². The third-order valence-corrected chi connectivity index (χ3v) is 7.82. The second kappa shape index (κ2) is 11.0. The number of likely N-dealkylation sites (tertiary alicyclic amines) is 1. The maximum absolute atomic E-state index is 14.2. The number of carboxylic acids is 1. The molecule has 0 radical (unpaired) electrons. The Morgan fingerprint density at radius 1 is 1.27 bits per heavy atom. The average molecular weight is 506 g/mol. The molecule has 2 N–H and O–H groups in total. The molecule has 0 saturated carbocycles. The van der Waals surface area contributed by atoms with E-state index in [9.17, 15) is 14.3 Å². The molecule has 8 heteroatoms. The molecule has 2 aliphatic rings. The number of aromatic nitrogens is 3. The van der Waals surface area contributed by atoms with Crippen molar-refractivity contribution in [2.75, 3.05) is 31.5 Å². The van der Waals surface area contributed by atoms with E-state index < -0.39 is 5.97 Å². The lowest BCUT2D eigenvalue weighted by Crippen LogP contribution is -2.28. The Labute approximate surface area is 217 Å². The Morgan fingerprint density at radius 2 is 2.14 bits per heavy atom. The lowest BCUT2D eigenvalue weighted by atomic mass is 9.94. The van der Waals surface area contributed by atoms with E-state index in [2.05, 4.69) is 27.4 Å². The lowest BCUT2D eigenvalue weighted by Gasteiger charge is -2.24. The van der Waals surface area contributed by atoms with E-state index in [1.54, 1.807) is 18.5 Å².